The molecule has 1 aromatic carbocycles. The number of tetrazole rings is 1. The average Bonchev–Trinajstić information content (AvgIpc) is 2.97. The molecule has 0 unspecified atom stereocenters. The van der Waals surface area contributed by atoms with E-state index in [4.69, 9.17) is 0 Å². The van der Waals surface area contributed by atoms with Crippen LogP contribution < -0.4 is 0 Å². The van der Waals surface area contributed by atoms with Gasteiger partial charge in [0.05, 0.1) is 0 Å². The number of hydrogen-bond acceptors (Lipinski definition) is 4. The van der Waals surface area contributed by atoms with E-state index in [0.29, 0.717) is 5.82 Å². The van der Waals surface area contributed by atoms with Crippen molar-refractivity contribution >= 4 is 21.8 Å². The smallest absolute Gasteiger partial charge is 0.244 e. The highest BCUT2D eigenvalue weighted by atomic mass is 79.9. The van der Waals surface area contributed by atoms with Crippen LogP contribution in [0.25, 0.3) is 11.4 Å². The average molecular weight is 350 g/mol. The van der Waals surface area contributed by atoms with Crippen molar-refractivity contribution in [2.45, 2.75) is 25.8 Å². The first kappa shape index (κ1) is 14.2. The van der Waals surface area contributed by atoms with Crippen molar-refractivity contribution < 1.29 is 4.79 Å². The molecule has 0 spiro atoms. The van der Waals surface area contributed by atoms with Crippen LogP contribution in [0, 0.1) is 0 Å². The Kier molecular flexibility index (Phi) is 4.28. The first-order chi connectivity index (χ1) is 10.2. The molecule has 0 aliphatic carbocycles. The number of aromatic nitrogens is 4. The van der Waals surface area contributed by atoms with E-state index in [9.17, 15) is 4.79 Å². The Balaban J connectivity index is 1.76. The molecule has 0 radical (unpaired) electrons. The summed E-state index contributed by atoms with van der Waals surface area (Å²) in [6.07, 6.45) is 3.38. The minimum Gasteiger partial charge on any atom is -0.341 e. The van der Waals surface area contributed by atoms with Crippen LogP contribution in [0.1, 0.15) is 19.3 Å². The molecule has 1 fully saturated rings. The number of rotatable bonds is 3. The van der Waals surface area contributed by atoms with Crippen molar-refractivity contribution in [3.63, 3.8) is 0 Å². The molecule has 1 aliphatic rings. The fraction of sp³-hybridized carbons (Fsp3) is 0.429. The molecule has 7 heteroatoms. The van der Waals surface area contributed by atoms with E-state index in [-0.39, 0.29) is 12.5 Å². The van der Waals surface area contributed by atoms with Gasteiger partial charge in [0.2, 0.25) is 5.91 Å². The Bertz CT molecular complexity index is 619. The molecule has 1 amide bonds. The van der Waals surface area contributed by atoms with Gasteiger partial charge < -0.3 is 4.90 Å². The van der Waals surface area contributed by atoms with Crippen LogP contribution in [0.15, 0.2) is 28.7 Å². The van der Waals surface area contributed by atoms with Gasteiger partial charge in [-0.1, -0.05) is 28.1 Å². The summed E-state index contributed by atoms with van der Waals surface area (Å²) in [5.41, 5.74) is 0.898. The number of amides is 1. The zero-order chi connectivity index (χ0) is 14.7. The molecule has 2 aromatic rings. The summed E-state index contributed by atoms with van der Waals surface area (Å²) < 4.78 is 2.56. The van der Waals surface area contributed by atoms with Crippen LogP contribution in [0.5, 0.6) is 0 Å². The number of nitrogens with zero attached hydrogens (tertiary/aromatic N) is 5. The van der Waals surface area contributed by atoms with Crippen LogP contribution >= 0.6 is 15.9 Å². The second-order valence-corrected chi connectivity index (χ2v) is 6.02. The Labute approximate surface area is 131 Å². The van der Waals surface area contributed by atoms with Crippen molar-refractivity contribution in [1.82, 2.24) is 25.1 Å². The van der Waals surface area contributed by atoms with E-state index < -0.39 is 0 Å². The fourth-order valence-electron chi connectivity index (χ4n) is 2.49. The van der Waals surface area contributed by atoms with Gasteiger partial charge in [0, 0.05) is 23.1 Å². The molecule has 1 saturated heterocycles. The number of likely N-dealkylation sites (tertiary alicyclic amines) is 1. The minimum absolute atomic E-state index is 0.0837. The largest absolute Gasteiger partial charge is 0.341 e. The molecule has 3 rings (SSSR count). The first-order valence-corrected chi connectivity index (χ1v) is 7.83. The predicted molar refractivity (Wildman–Crippen MR) is 81.4 cm³/mol. The Morgan fingerprint density at radius 3 is 2.57 bits per heavy atom. The third-order valence-electron chi connectivity index (χ3n) is 3.63. The second kappa shape index (κ2) is 6.34. The first-order valence-electron chi connectivity index (χ1n) is 7.04. The maximum absolute atomic E-state index is 12.3. The Hall–Kier alpha value is -1.76. The van der Waals surface area contributed by atoms with Gasteiger partial charge in [-0.15, -0.1) is 5.10 Å². The van der Waals surface area contributed by atoms with Gasteiger partial charge in [-0.25, -0.2) is 4.68 Å². The van der Waals surface area contributed by atoms with Crippen LogP contribution in [0.4, 0.5) is 0 Å². The molecule has 1 aliphatic heterocycles. The summed E-state index contributed by atoms with van der Waals surface area (Å²) in [6, 6.07) is 7.72. The summed E-state index contributed by atoms with van der Waals surface area (Å²) in [6.45, 7) is 1.88. The molecule has 0 N–H and O–H groups in total. The molecule has 2 heterocycles. The van der Waals surface area contributed by atoms with Crippen LogP contribution in [-0.2, 0) is 11.3 Å². The highest BCUT2D eigenvalue weighted by Gasteiger charge is 2.19. The van der Waals surface area contributed by atoms with Gasteiger partial charge in [-0.05, 0) is 41.8 Å². The van der Waals surface area contributed by atoms with E-state index in [1.54, 1.807) is 4.68 Å². The Morgan fingerprint density at radius 2 is 1.86 bits per heavy atom. The number of hydrogen-bond donors (Lipinski definition) is 0. The third-order valence-corrected chi connectivity index (χ3v) is 4.16. The van der Waals surface area contributed by atoms with E-state index in [1.165, 1.54) is 6.42 Å². The van der Waals surface area contributed by atoms with Gasteiger partial charge in [-0.3, -0.25) is 4.79 Å². The summed E-state index contributed by atoms with van der Waals surface area (Å²) in [5.74, 6) is 0.702. The summed E-state index contributed by atoms with van der Waals surface area (Å²) >= 11 is 3.40. The maximum atomic E-state index is 12.3. The highest BCUT2D eigenvalue weighted by molar-refractivity contribution is 9.10. The van der Waals surface area contributed by atoms with Gasteiger partial charge >= 0.3 is 0 Å². The van der Waals surface area contributed by atoms with E-state index in [0.717, 1.165) is 36.0 Å². The molecule has 0 saturated carbocycles. The maximum Gasteiger partial charge on any atom is 0.244 e. The van der Waals surface area contributed by atoms with Crippen molar-refractivity contribution in [3.8, 4) is 11.4 Å². The molecular weight excluding hydrogens is 334 g/mol. The zero-order valence-electron chi connectivity index (χ0n) is 11.6. The van der Waals surface area contributed by atoms with Crippen molar-refractivity contribution in [2.75, 3.05) is 13.1 Å². The van der Waals surface area contributed by atoms with Crippen LogP contribution in [0.3, 0.4) is 0 Å². The normalized spacial score (nSPS) is 15.2. The third kappa shape index (κ3) is 3.29. The van der Waals surface area contributed by atoms with E-state index in [1.807, 2.05) is 29.2 Å². The van der Waals surface area contributed by atoms with Crippen molar-refractivity contribution in [3.05, 3.63) is 28.7 Å². The lowest BCUT2D eigenvalue weighted by Gasteiger charge is -2.26. The molecule has 0 atom stereocenters. The van der Waals surface area contributed by atoms with Crippen LogP contribution in [0.2, 0.25) is 0 Å². The SMILES string of the molecule is O=C(Cn1nnnc1-c1ccc(Br)cc1)N1CCCCC1. The molecule has 0 bridgehead atoms. The quantitative estimate of drug-likeness (QED) is 0.851. The van der Waals surface area contributed by atoms with Crippen molar-refractivity contribution in [1.29, 1.82) is 0 Å². The summed E-state index contributed by atoms with van der Waals surface area (Å²) in [7, 11) is 0. The van der Waals surface area contributed by atoms with Gasteiger partial charge in [0.15, 0.2) is 5.82 Å². The van der Waals surface area contributed by atoms with Gasteiger partial charge in [0.25, 0.3) is 0 Å². The lowest BCUT2D eigenvalue weighted by atomic mass is 10.1. The number of carbonyl (C=O) groups is 1. The molecule has 1 aromatic heterocycles. The lowest BCUT2D eigenvalue weighted by Crippen LogP contribution is -2.38. The lowest BCUT2D eigenvalue weighted by molar-refractivity contribution is -0.132. The number of halogens is 1. The monoisotopic (exact) mass is 349 g/mol. The summed E-state index contributed by atoms with van der Waals surface area (Å²) in [4.78, 5) is 14.2. The van der Waals surface area contributed by atoms with Gasteiger partial charge in [-0.2, -0.15) is 0 Å². The molecular formula is C14H16BrN5O. The zero-order valence-corrected chi connectivity index (χ0v) is 13.2. The number of piperidine rings is 1. The minimum atomic E-state index is 0.0837. The number of carbonyl (C=O) groups excluding carboxylic acids is 1. The molecule has 6 nitrogen and oxygen atoms in total. The molecule has 21 heavy (non-hydrogen) atoms. The standard InChI is InChI=1S/C14H16BrN5O/c15-12-6-4-11(5-7-12)14-16-17-18-20(14)10-13(21)19-8-2-1-3-9-19/h4-7H,1-3,8-10H2. The van der Waals surface area contributed by atoms with Gasteiger partial charge in [0.1, 0.15) is 6.54 Å². The predicted octanol–water partition coefficient (Wildman–Crippen LogP) is 2.12. The van der Waals surface area contributed by atoms with Crippen molar-refractivity contribution in [2.24, 2.45) is 0 Å². The fourth-order valence-corrected chi connectivity index (χ4v) is 2.75. The topological polar surface area (TPSA) is 63.9 Å². The molecule has 110 valence electrons. The van der Waals surface area contributed by atoms with E-state index in [2.05, 4.69) is 31.5 Å². The second-order valence-electron chi connectivity index (χ2n) is 5.11. The highest BCUT2D eigenvalue weighted by Crippen LogP contribution is 2.19. The summed E-state index contributed by atoms with van der Waals surface area (Å²) in [5, 5.41) is 11.7. The number of benzene rings is 1. The van der Waals surface area contributed by atoms with E-state index >= 15 is 0 Å². The Morgan fingerprint density at radius 1 is 1.14 bits per heavy atom. The van der Waals surface area contributed by atoms with Crippen LogP contribution in [-0.4, -0.2) is 44.1 Å².